The van der Waals surface area contributed by atoms with Gasteiger partial charge in [-0.15, -0.1) is 0 Å². The van der Waals surface area contributed by atoms with Crippen LogP contribution in [0.2, 0.25) is 0 Å². The normalized spacial score (nSPS) is 38.1. The van der Waals surface area contributed by atoms with Crippen LogP contribution in [-0.2, 0) is 14.3 Å². The van der Waals surface area contributed by atoms with E-state index in [1.807, 2.05) is 27.7 Å². The molecule has 0 amide bonds. The molecule has 4 bridgehead atoms. The quantitative estimate of drug-likeness (QED) is 0.533. The first kappa shape index (κ1) is 16.3. The first-order valence-electron chi connectivity index (χ1n) is 9.14. The largest absolute Gasteiger partial charge is 0.436 e. The zero-order valence-corrected chi connectivity index (χ0v) is 14.7. The van der Waals surface area contributed by atoms with Crippen molar-refractivity contribution in [3.63, 3.8) is 0 Å². The molecule has 0 N–H and O–H groups in total. The van der Waals surface area contributed by atoms with Crippen molar-refractivity contribution >= 4 is 5.97 Å². The van der Waals surface area contributed by atoms with Crippen LogP contribution in [-0.4, -0.2) is 18.9 Å². The minimum atomic E-state index is -0.425. The molecule has 0 saturated heterocycles. The second-order valence-corrected chi connectivity index (χ2v) is 8.94. The third kappa shape index (κ3) is 3.20. The van der Waals surface area contributed by atoms with Gasteiger partial charge in [0.2, 0.25) is 0 Å². The molecule has 4 aliphatic carbocycles. The molecule has 22 heavy (non-hydrogen) atoms. The molecular formula is C19H32O3. The summed E-state index contributed by atoms with van der Waals surface area (Å²) >= 11 is 0. The van der Waals surface area contributed by atoms with Crippen LogP contribution in [0.15, 0.2) is 0 Å². The molecule has 0 heterocycles. The summed E-state index contributed by atoms with van der Waals surface area (Å²) in [4.78, 5) is 12.1. The monoisotopic (exact) mass is 308 g/mol. The lowest BCUT2D eigenvalue weighted by atomic mass is 9.50. The van der Waals surface area contributed by atoms with Gasteiger partial charge in [0.15, 0.2) is 6.29 Å². The average molecular weight is 308 g/mol. The Balaban J connectivity index is 1.51. The molecule has 0 aromatic carbocycles. The highest BCUT2D eigenvalue weighted by atomic mass is 16.7. The van der Waals surface area contributed by atoms with E-state index in [2.05, 4.69) is 0 Å². The maximum absolute atomic E-state index is 12.1. The van der Waals surface area contributed by atoms with Crippen molar-refractivity contribution in [1.29, 1.82) is 0 Å². The van der Waals surface area contributed by atoms with Gasteiger partial charge < -0.3 is 9.47 Å². The predicted molar refractivity (Wildman–Crippen MR) is 86.2 cm³/mol. The van der Waals surface area contributed by atoms with E-state index in [0.717, 1.165) is 30.8 Å². The van der Waals surface area contributed by atoms with E-state index in [1.54, 1.807) is 0 Å². The molecule has 1 unspecified atom stereocenters. The third-order valence-electron chi connectivity index (χ3n) is 6.50. The zero-order chi connectivity index (χ0) is 16.0. The fraction of sp³-hybridized carbons (Fsp3) is 0.947. The van der Waals surface area contributed by atoms with Crippen molar-refractivity contribution in [3.05, 3.63) is 0 Å². The Morgan fingerprint density at radius 2 is 1.64 bits per heavy atom. The molecule has 0 aromatic heterocycles. The highest BCUT2D eigenvalue weighted by Crippen LogP contribution is 2.60. The van der Waals surface area contributed by atoms with Gasteiger partial charge >= 0.3 is 5.97 Å². The first-order valence-corrected chi connectivity index (χ1v) is 9.14. The summed E-state index contributed by atoms with van der Waals surface area (Å²) in [5, 5.41) is 0. The van der Waals surface area contributed by atoms with E-state index in [0.29, 0.717) is 5.41 Å². The first-order chi connectivity index (χ1) is 10.3. The fourth-order valence-electron chi connectivity index (χ4n) is 5.25. The van der Waals surface area contributed by atoms with Gasteiger partial charge in [0, 0.05) is 0 Å². The number of carbonyl (C=O) groups is 1. The Bertz CT molecular complexity index is 391. The molecule has 4 fully saturated rings. The summed E-state index contributed by atoms with van der Waals surface area (Å²) in [5.41, 5.74) is -0.0337. The lowest BCUT2D eigenvalue weighted by Crippen LogP contribution is -2.48. The van der Waals surface area contributed by atoms with Crippen LogP contribution in [0.25, 0.3) is 0 Å². The van der Waals surface area contributed by atoms with Gasteiger partial charge in [-0.2, -0.15) is 0 Å². The van der Waals surface area contributed by atoms with Crippen LogP contribution in [0.5, 0.6) is 0 Å². The number of esters is 1. The molecule has 4 saturated carbocycles. The van der Waals surface area contributed by atoms with Gasteiger partial charge in [-0.1, -0.05) is 6.92 Å². The van der Waals surface area contributed by atoms with Gasteiger partial charge in [0.05, 0.1) is 12.0 Å². The standard InChI is InChI=1S/C19H32O3/c1-5-18(3,4)17(20)22-13(2)21-12-19-9-14-6-15(10-19)8-16(7-14)11-19/h13-16H,5-12H2,1-4H3. The molecule has 0 aliphatic heterocycles. The van der Waals surface area contributed by atoms with Gasteiger partial charge in [-0.3, -0.25) is 4.79 Å². The van der Waals surface area contributed by atoms with Crippen LogP contribution in [0.3, 0.4) is 0 Å². The molecule has 0 aromatic rings. The molecule has 1 atom stereocenters. The minimum absolute atomic E-state index is 0.145. The molecule has 4 aliphatic rings. The second-order valence-electron chi connectivity index (χ2n) is 8.94. The van der Waals surface area contributed by atoms with Crippen molar-refractivity contribution in [2.75, 3.05) is 6.61 Å². The van der Waals surface area contributed by atoms with E-state index < -0.39 is 11.7 Å². The summed E-state index contributed by atoms with van der Waals surface area (Å²) in [6.45, 7) is 8.52. The number of hydrogen-bond acceptors (Lipinski definition) is 3. The van der Waals surface area contributed by atoms with E-state index in [-0.39, 0.29) is 5.97 Å². The smallest absolute Gasteiger partial charge is 0.313 e. The summed E-state index contributed by atoms with van der Waals surface area (Å²) in [7, 11) is 0. The Hall–Kier alpha value is -0.570. The molecule has 3 nitrogen and oxygen atoms in total. The zero-order valence-electron chi connectivity index (χ0n) is 14.7. The van der Waals surface area contributed by atoms with Crippen molar-refractivity contribution < 1.29 is 14.3 Å². The van der Waals surface area contributed by atoms with Gasteiger partial charge in [-0.25, -0.2) is 0 Å². The number of rotatable bonds is 6. The highest BCUT2D eigenvalue weighted by Gasteiger charge is 2.51. The summed E-state index contributed by atoms with van der Waals surface area (Å²) in [5.74, 6) is 2.67. The van der Waals surface area contributed by atoms with E-state index in [9.17, 15) is 4.79 Å². The summed E-state index contributed by atoms with van der Waals surface area (Å²) < 4.78 is 11.5. The minimum Gasteiger partial charge on any atom is -0.436 e. The lowest BCUT2D eigenvalue weighted by molar-refractivity contribution is -0.199. The SMILES string of the molecule is CCC(C)(C)C(=O)OC(C)OCC12CC3CC(CC(C3)C1)C2. The van der Waals surface area contributed by atoms with Crippen molar-refractivity contribution in [3.8, 4) is 0 Å². The van der Waals surface area contributed by atoms with Gasteiger partial charge in [0.25, 0.3) is 0 Å². The van der Waals surface area contributed by atoms with Gasteiger partial charge in [0.1, 0.15) is 0 Å². The molecule has 0 spiro atoms. The van der Waals surface area contributed by atoms with Crippen LogP contribution in [0, 0.1) is 28.6 Å². The van der Waals surface area contributed by atoms with Crippen LogP contribution in [0.4, 0.5) is 0 Å². The molecular weight excluding hydrogens is 276 g/mol. The van der Waals surface area contributed by atoms with Crippen LogP contribution < -0.4 is 0 Å². The Labute approximate surface area is 135 Å². The van der Waals surface area contributed by atoms with Crippen molar-refractivity contribution in [2.24, 2.45) is 28.6 Å². The van der Waals surface area contributed by atoms with Crippen molar-refractivity contribution in [2.45, 2.75) is 78.9 Å². The summed E-state index contributed by atoms with van der Waals surface area (Å²) in [6, 6.07) is 0. The second kappa shape index (κ2) is 5.81. The van der Waals surface area contributed by atoms with Gasteiger partial charge in [-0.05, 0) is 88.9 Å². The molecule has 4 rings (SSSR count). The number of carbonyl (C=O) groups excluding carboxylic acids is 1. The summed E-state index contributed by atoms with van der Waals surface area (Å²) in [6.07, 6.45) is 8.72. The Kier molecular flexibility index (Phi) is 4.30. The topological polar surface area (TPSA) is 35.5 Å². The Morgan fingerprint density at radius 3 is 2.09 bits per heavy atom. The molecule has 126 valence electrons. The third-order valence-corrected chi connectivity index (χ3v) is 6.50. The van der Waals surface area contributed by atoms with Crippen LogP contribution in [0.1, 0.15) is 72.6 Å². The number of hydrogen-bond donors (Lipinski definition) is 0. The van der Waals surface area contributed by atoms with E-state index in [4.69, 9.17) is 9.47 Å². The fourth-order valence-corrected chi connectivity index (χ4v) is 5.25. The molecule has 0 radical (unpaired) electrons. The molecule has 3 heteroatoms. The van der Waals surface area contributed by atoms with E-state index >= 15 is 0 Å². The van der Waals surface area contributed by atoms with Crippen LogP contribution >= 0.6 is 0 Å². The average Bonchev–Trinajstić information content (AvgIpc) is 2.44. The highest BCUT2D eigenvalue weighted by molar-refractivity contribution is 5.75. The number of ether oxygens (including phenoxy) is 2. The van der Waals surface area contributed by atoms with Crippen molar-refractivity contribution in [1.82, 2.24) is 0 Å². The predicted octanol–water partition coefficient (Wildman–Crippen LogP) is 4.54. The maximum Gasteiger partial charge on any atom is 0.313 e. The lowest BCUT2D eigenvalue weighted by Gasteiger charge is -2.56. The Morgan fingerprint density at radius 1 is 1.14 bits per heavy atom. The van der Waals surface area contributed by atoms with E-state index in [1.165, 1.54) is 38.5 Å². The maximum atomic E-state index is 12.1.